The van der Waals surface area contributed by atoms with Crippen molar-refractivity contribution >= 4 is 17.7 Å². The van der Waals surface area contributed by atoms with Gasteiger partial charge in [-0.3, -0.25) is 4.79 Å². The van der Waals surface area contributed by atoms with Gasteiger partial charge >= 0.3 is 0 Å². The quantitative estimate of drug-likeness (QED) is 0.724. The summed E-state index contributed by atoms with van der Waals surface area (Å²) in [5.74, 6) is 0.612. The fourth-order valence-corrected chi connectivity index (χ4v) is 2.54. The number of thioether (sulfide) groups is 1. The van der Waals surface area contributed by atoms with Crippen LogP contribution in [0.1, 0.15) is 46.0 Å². The number of hydrogen-bond donors (Lipinski definition) is 2. The minimum atomic E-state index is -0.252. The highest BCUT2D eigenvalue weighted by atomic mass is 32.2. The number of amides is 1. The van der Waals surface area contributed by atoms with Gasteiger partial charge in [0, 0.05) is 12.5 Å². The molecule has 2 atom stereocenters. The van der Waals surface area contributed by atoms with Crippen molar-refractivity contribution in [1.29, 1.82) is 0 Å². The number of quaternary nitrogens is 1. The minimum Gasteiger partial charge on any atom is -0.410 e. The van der Waals surface area contributed by atoms with Gasteiger partial charge in [0.05, 0.1) is 19.3 Å². The highest BCUT2D eigenvalue weighted by Gasteiger charge is 2.24. The van der Waals surface area contributed by atoms with Crippen LogP contribution in [0.2, 0.25) is 0 Å². The second-order valence-corrected chi connectivity index (χ2v) is 6.66. The van der Waals surface area contributed by atoms with Gasteiger partial charge in [0.25, 0.3) is 11.1 Å². The van der Waals surface area contributed by atoms with Crippen LogP contribution in [0.4, 0.5) is 0 Å². The average molecular weight is 301 g/mol. The van der Waals surface area contributed by atoms with Crippen molar-refractivity contribution in [1.82, 2.24) is 15.5 Å². The molecule has 1 heterocycles. The van der Waals surface area contributed by atoms with Gasteiger partial charge in [-0.05, 0) is 20.8 Å². The van der Waals surface area contributed by atoms with Crippen LogP contribution < -0.4 is 10.2 Å². The summed E-state index contributed by atoms with van der Waals surface area (Å²) in [4.78, 5) is 13.1. The van der Waals surface area contributed by atoms with E-state index in [9.17, 15) is 4.79 Å². The van der Waals surface area contributed by atoms with Crippen LogP contribution >= 0.6 is 11.8 Å². The summed E-state index contributed by atoms with van der Waals surface area (Å²) < 4.78 is 5.66. The van der Waals surface area contributed by atoms with Gasteiger partial charge < -0.3 is 14.6 Å². The molecule has 0 spiro atoms. The summed E-state index contributed by atoms with van der Waals surface area (Å²) >= 11 is 1.29. The van der Waals surface area contributed by atoms with Gasteiger partial charge in [0.2, 0.25) is 5.91 Å². The summed E-state index contributed by atoms with van der Waals surface area (Å²) in [7, 11) is 4.12. The second kappa shape index (κ2) is 7.64. The number of carbonyl (C=O) groups excluding carboxylic acids is 1. The molecular formula is C13H25N4O2S+. The molecule has 0 aliphatic rings. The first kappa shape index (κ1) is 17.0. The fourth-order valence-electron chi connectivity index (χ4n) is 1.85. The van der Waals surface area contributed by atoms with E-state index in [0.29, 0.717) is 11.1 Å². The molecule has 1 amide bonds. The lowest BCUT2D eigenvalue weighted by molar-refractivity contribution is -0.894. The Morgan fingerprint density at radius 1 is 1.35 bits per heavy atom. The monoisotopic (exact) mass is 301 g/mol. The number of carbonyl (C=O) groups is 1. The molecule has 0 aliphatic carbocycles. The molecule has 0 radical (unpaired) electrons. The first-order valence-electron chi connectivity index (χ1n) is 6.95. The van der Waals surface area contributed by atoms with Crippen LogP contribution in [0.15, 0.2) is 9.64 Å². The highest BCUT2D eigenvalue weighted by molar-refractivity contribution is 8.00. The van der Waals surface area contributed by atoms with Crippen molar-refractivity contribution in [2.45, 2.75) is 56.7 Å². The number of hydrogen-bond acceptors (Lipinski definition) is 5. The molecule has 1 aromatic heterocycles. The molecular weight excluding hydrogens is 276 g/mol. The molecule has 0 saturated heterocycles. The lowest BCUT2D eigenvalue weighted by Crippen LogP contribution is -3.06. The maximum Gasteiger partial charge on any atom is 0.277 e. The Bertz CT molecular complexity index is 434. The summed E-state index contributed by atoms with van der Waals surface area (Å²) in [5, 5.41) is 11.2. The number of aromatic nitrogens is 2. The normalized spacial score (nSPS) is 14.6. The Morgan fingerprint density at radius 2 is 2.00 bits per heavy atom. The van der Waals surface area contributed by atoms with Gasteiger partial charge in [0.1, 0.15) is 0 Å². The van der Waals surface area contributed by atoms with Crippen molar-refractivity contribution in [3.63, 3.8) is 0 Å². The third-order valence-corrected chi connectivity index (χ3v) is 3.84. The van der Waals surface area contributed by atoms with Crippen LogP contribution in [0.5, 0.6) is 0 Å². The van der Waals surface area contributed by atoms with Gasteiger partial charge in [-0.1, -0.05) is 18.7 Å². The zero-order valence-electron chi connectivity index (χ0n) is 13.1. The molecule has 20 heavy (non-hydrogen) atoms. The third kappa shape index (κ3) is 4.79. The Kier molecular flexibility index (Phi) is 6.48. The zero-order valence-corrected chi connectivity index (χ0v) is 13.9. The van der Waals surface area contributed by atoms with E-state index in [1.54, 1.807) is 0 Å². The number of rotatable bonds is 7. The van der Waals surface area contributed by atoms with Crippen LogP contribution in [-0.4, -0.2) is 41.5 Å². The summed E-state index contributed by atoms with van der Waals surface area (Å²) in [6, 6.07) is 0.322. The number of nitrogens with one attached hydrogen (secondary N) is 2. The van der Waals surface area contributed by atoms with E-state index >= 15 is 0 Å². The molecule has 0 aliphatic heterocycles. The maximum absolute atomic E-state index is 11.8. The van der Waals surface area contributed by atoms with Crippen molar-refractivity contribution in [3.05, 3.63) is 5.89 Å². The second-order valence-electron chi connectivity index (χ2n) is 5.37. The van der Waals surface area contributed by atoms with Gasteiger partial charge in [-0.25, -0.2) is 0 Å². The van der Waals surface area contributed by atoms with E-state index in [0.717, 1.165) is 6.42 Å². The molecule has 0 saturated carbocycles. The lowest BCUT2D eigenvalue weighted by Gasteiger charge is -2.15. The lowest BCUT2D eigenvalue weighted by atomic mass is 10.2. The van der Waals surface area contributed by atoms with E-state index in [4.69, 9.17) is 4.42 Å². The van der Waals surface area contributed by atoms with Crippen molar-refractivity contribution < 1.29 is 14.1 Å². The molecule has 6 nitrogen and oxygen atoms in total. The van der Waals surface area contributed by atoms with Gasteiger partial charge in [-0.15, -0.1) is 10.2 Å². The van der Waals surface area contributed by atoms with Crippen LogP contribution in [0.25, 0.3) is 0 Å². The smallest absolute Gasteiger partial charge is 0.277 e. The SMILES string of the molecule is CC[C@@H](c1nnc(S[C@H](C)C(=O)NC(C)C)o1)[NH+](C)C. The molecule has 0 unspecified atom stereocenters. The van der Waals surface area contributed by atoms with Crippen molar-refractivity contribution in [3.8, 4) is 0 Å². The van der Waals surface area contributed by atoms with Crippen LogP contribution in [0, 0.1) is 0 Å². The van der Waals surface area contributed by atoms with E-state index in [1.807, 2.05) is 20.8 Å². The standard InChI is InChI=1S/C13H24N4O2S/c1-7-10(17(5)6)12-15-16-13(19-12)20-9(4)11(18)14-8(2)3/h8-10H,7H2,1-6H3,(H,14,18)/p+1/t9-,10+/m1/s1. The van der Waals surface area contributed by atoms with Crippen molar-refractivity contribution in [2.75, 3.05) is 14.1 Å². The topological polar surface area (TPSA) is 72.5 Å². The summed E-state index contributed by atoms with van der Waals surface area (Å²) in [6.07, 6.45) is 0.929. The average Bonchev–Trinajstić information content (AvgIpc) is 2.76. The van der Waals surface area contributed by atoms with Gasteiger partial charge in [0.15, 0.2) is 6.04 Å². The molecule has 0 bridgehead atoms. The van der Waals surface area contributed by atoms with E-state index in [2.05, 4.69) is 36.5 Å². The largest absolute Gasteiger partial charge is 0.410 e. The van der Waals surface area contributed by atoms with E-state index in [1.165, 1.54) is 16.7 Å². The molecule has 1 rings (SSSR count). The molecule has 0 fully saturated rings. The minimum absolute atomic E-state index is 0.0185. The predicted octanol–water partition coefficient (Wildman–Crippen LogP) is 0.670. The number of nitrogens with zero attached hydrogens (tertiary/aromatic N) is 2. The Balaban J connectivity index is 2.66. The summed E-state index contributed by atoms with van der Waals surface area (Å²) in [6.45, 7) is 7.80. The first-order valence-corrected chi connectivity index (χ1v) is 7.83. The van der Waals surface area contributed by atoms with Crippen LogP contribution in [-0.2, 0) is 4.79 Å². The van der Waals surface area contributed by atoms with E-state index in [-0.39, 0.29) is 23.2 Å². The Morgan fingerprint density at radius 3 is 2.50 bits per heavy atom. The highest BCUT2D eigenvalue weighted by Crippen LogP contribution is 2.24. The summed E-state index contributed by atoms with van der Waals surface area (Å²) in [5.41, 5.74) is 0. The van der Waals surface area contributed by atoms with Crippen LogP contribution in [0.3, 0.4) is 0 Å². The molecule has 114 valence electrons. The predicted molar refractivity (Wildman–Crippen MR) is 78.7 cm³/mol. The molecule has 7 heteroatoms. The third-order valence-electron chi connectivity index (χ3n) is 2.90. The Hall–Kier alpha value is -1.08. The maximum atomic E-state index is 11.8. The van der Waals surface area contributed by atoms with E-state index < -0.39 is 0 Å². The van der Waals surface area contributed by atoms with Gasteiger partial charge in [-0.2, -0.15) is 0 Å². The zero-order chi connectivity index (χ0) is 15.3. The Labute approximate surface area is 124 Å². The molecule has 1 aromatic rings. The first-order chi connectivity index (χ1) is 9.35. The van der Waals surface area contributed by atoms with Crippen molar-refractivity contribution in [2.24, 2.45) is 0 Å². The fraction of sp³-hybridized carbons (Fsp3) is 0.769. The molecule has 0 aromatic carbocycles. The molecule has 2 N–H and O–H groups in total.